The minimum atomic E-state index is -0.719. The van der Waals surface area contributed by atoms with Gasteiger partial charge >= 0.3 is 0 Å². The van der Waals surface area contributed by atoms with E-state index in [2.05, 4.69) is 20.8 Å². The third-order valence-corrected chi connectivity index (χ3v) is 32.4. The summed E-state index contributed by atoms with van der Waals surface area (Å²) in [5, 5.41) is 0. The van der Waals surface area contributed by atoms with Crippen LogP contribution in [0.2, 0.25) is 18.1 Å². The molecule has 0 saturated heterocycles. The van der Waals surface area contributed by atoms with Gasteiger partial charge in [0.2, 0.25) is 0 Å². The lowest BCUT2D eigenvalue weighted by Crippen LogP contribution is -2.42. The van der Waals surface area contributed by atoms with E-state index in [0.29, 0.717) is 8.55 Å². The largest absolute Gasteiger partial charge is 0.0654 e. The highest BCUT2D eigenvalue weighted by Crippen LogP contribution is 2.28. The molecule has 0 atom stereocenters. The van der Waals surface area contributed by atoms with Crippen LogP contribution >= 0.6 is 0 Å². The van der Waals surface area contributed by atoms with Crippen LogP contribution in [-0.4, -0.2) is 25.9 Å². The van der Waals surface area contributed by atoms with Gasteiger partial charge in [0.15, 0.2) is 0 Å². The summed E-state index contributed by atoms with van der Waals surface area (Å²) in [6.45, 7) is 7.05. The second-order valence-electron chi connectivity index (χ2n) is 7.29. The average Bonchev–Trinajstić information content (AvgIpc) is 2.51. The van der Waals surface area contributed by atoms with Crippen molar-refractivity contribution in [2.75, 3.05) is 0 Å². The first kappa shape index (κ1) is 21.7. The first-order valence-electron chi connectivity index (χ1n) is 10.2. The van der Waals surface area contributed by atoms with Crippen LogP contribution in [0.3, 0.4) is 0 Å². The minimum Gasteiger partial charge on any atom is -0.0654 e. The number of hydrogen-bond donors (Lipinski definition) is 0. The third-order valence-electron chi connectivity index (χ3n) is 5.43. The Bertz CT molecular complexity index is 175. The maximum atomic E-state index is 2.35. The Morgan fingerprint density at radius 1 is 0.571 bits per heavy atom. The van der Waals surface area contributed by atoms with Gasteiger partial charge < -0.3 is 0 Å². The second kappa shape index (κ2) is 15.5. The lowest BCUT2D eigenvalue weighted by Gasteiger charge is -2.31. The lowest BCUT2D eigenvalue weighted by molar-refractivity contribution is 0.670. The van der Waals surface area contributed by atoms with Gasteiger partial charge in [0, 0.05) is 16.1 Å². The van der Waals surface area contributed by atoms with Crippen LogP contribution in [0.1, 0.15) is 97.8 Å². The quantitative estimate of drug-likeness (QED) is 0.269. The Labute approximate surface area is 142 Å². The summed E-state index contributed by atoms with van der Waals surface area (Å²) in [5.74, 6) is 0. The van der Waals surface area contributed by atoms with Gasteiger partial charge in [-0.05, 0) is 9.76 Å². The zero-order valence-corrected chi connectivity index (χ0v) is 20.2. The van der Waals surface area contributed by atoms with Gasteiger partial charge in [0.1, 0.15) is 0 Å². The summed E-state index contributed by atoms with van der Waals surface area (Å²) in [6.07, 6.45) is 18.0. The summed E-state index contributed by atoms with van der Waals surface area (Å²) in [5.41, 5.74) is 0. The van der Waals surface area contributed by atoms with E-state index in [9.17, 15) is 0 Å². The molecule has 0 radical (unpaired) electrons. The smallest absolute Gasteiger partial charge is 0.0367 e. The van der Waals surface area contributed by atoms with Crippen LogP contribution in [0.4, 0.5) is 0 Å². The molecule has 0 aromatic carbocycles. The molecule has 0 unspecified atom stereocenters. The molecule has 0 saturated carbocycles. The van der Waals surface area contributed by atoms with E-state index in [0.717, 1.165) is 0 Å². The highest BCUT2D eigenvalue weighted by molar-refractivity contribution is 7.40. The first-order valence-corrected chi connectivity index (χ1v) is 20.8. The monoisotopic (exact) mass is 344 g/mol. The minimum absolute atomic E-state index is 0.396. The summed E-state index contributed by atoms with van der Waals surface area (Å²) < 4.78 is 0. The Hall–Kier alpha value is 0.651. The summed E-state index contributed by atoms with van der Waals surface area (Å²) >= 11 is 0. The number of hydrogen-bond acceptors (Lipinski definition) is 0. The number of unbranched alkanes of at least 4 members (excludes halogenated alkanes) is 9. The maximum Gasteiger partial charge on any atom is 0.0367 e. The standard InChI is InChI=1S/C18H44Si3/c1-4-7-10-13-16-21(20-19,17-14-11-8-5-2)18-15-12-9-6-3/h4-18,20H2,1-3,19H3. The van der Waals surface area contributed by atoms with Crippen LogP contribution in [0.15, 0.2) is 0 Å². The van der Waals surface area contributed by atoms with Crippen LogP contribution in [0, 0.1) is 0 Å². The molecule has 3 heteroatoms. The van der Waals surface area contributed by atoms with E-state index in [1.807, 2.05) is 0 Å². The van der Waals surface area contributed by atoms with Gasteiger partial charge in [0.25, 0.3) is 0 Å². The molecule has 128 valence electrons. The highest BCUT2D eigenvalue weighted by atomic mass is 29.5. The lowest BCUT2D eigenvalue weighted by atomic mass is 10.2. The van der Waals surface area contributed by atoms with E-state index >= 15 is 0 Å². The molecule has 0 aliphatic carbocycles. The van der Waals surface area contributed by atoms with E-state index in [1.165, 1.54) is 57.8 Å². The normalized spacial score (nSPS) is 12.7. The van der Waals surface area contributed by atoms with Crippen molar-refractivity contribution in [2.24, 2.45) is 0 Å². The molecular weight excluding hydrogens is 300 g/mol. The van der Waals surface area contributed by atoms with Crippen LogP contribution < -0.4 is 0 Å². The zero-order chi connectivity index (χ0) is 15.8. The summed E-state index contributed by atoms with van der Waals surface area (Å²) in [4.78, 5) is 0. The molecule has 21 heavy (non-hydrogen) atoms. The molecule has 0 amide bonds. The molecule has 0 aliphatic rings. The molecule has 0 rings (SSSR count). The summed E-state index contributed by atoms with van der Waals surface area (Å²) in [6, 6.07) is 5.21. The zero-order valence-electron chi connectivity index (χ0n) is 15.8. The molecule has 0 bridgehead atoms. The SMILES string of the molecule is CCCCCC[Si](CCCCCC)(CCCCCC)[SiH2][SiH3]. The van der Waals surface area contributed by atoms with Crippen molar-refractivity contribution >= 4 is 25.9 Å². The Kier molecular flexibility index (Phi) is 16.0. The van der Waals surface area contributed by atoms with Crippen molar-refractivity contribution < 1.29 is 0 Å². The van der Waals surface area contributed by atoms with Crippen molar-refractivity contribution in [3.05, 3.63) is 0 Å². The van der Waals surface area contributed by atoms with Crippen LogP contribution in [0.5, 0.6) is 0 Å². The van der Waals surface area contributed by atoms with Gasteiger partial charge in [-0.3, -0.25) is 0 Å². The molecule has 0 N–H and O–H groups in total. The Morgan fingerprint density at radius 2 is 0.905 bits per heavy atom. The summed E-state index contributed by atoms with van der Waals surface area (Å²) in [7, 11) is 1.28. The van der Waals surface area contributed by atoms with Gasteiger partial charge in [-0.2, -0.15) is 0 Å². The molecular formula is C18H44Si3. The Morgan fingerprint density at radius 3 is 1.14 bits per heavy atom. The Balaban J connectivity index is 4.22. The molecule has 0 spiro atoms. The van der Waals surface area contributed by atoms with Crippen molar-refractivity contribution in [1.82, 2.24) is 0 Å². The fourth-order valence-electron chi connectivity index (χ4n) is 3.69. The van der Waals surface area contributed by atoms with Crippen molar-refractivity contribution in [3.8, 4) is 0 Å². The molecule has 0 heterocycles. The number of rotatable bonds is 16. The van der Waals surface area contributed by atoms with Crippen LogP contribution in [0.25, 0.3) is 0 Å². The van der Waals surface area contributed by atoms with Crippen molar-refractivity contribution in [2.45, 2.75) is 116 Å². The predicted octanol–water partition coefficient (Wildman–Crippen LogP) is 5.12. The second-order valence-corrected chi connectivity index (χ2v) is 25.5. The molecule has 0 aromatic heterocycles. The molecule has 0 nitrogen and oxygen atoms in total. The van der Waals surface area contributed by atoms with E-state index in [1.54, 1.807) is 47.2 Å². The van der Waals surface area contributed by atoms with E-state index in [4.69, 9.17) is 0 Å². The van der Waals surface area contributed by atoms with Gasteiger partial charge in [0.05, 0.1) is 0 Å². The first-order chi connectivity index (χ1) is 10.2. The third kappa shape index (κ3) is 11.8. The van der Waals surface area contributed by atoms with Gasteiger partial charge in [-0.15, -0.1) is 0 Å². The van der Waals surface area contributed by atoms with E-state index in [-0.39, 0.29) is 0 Å². The fourth-order valence-corrected chi connectivity index (χ4v) is 23.5. The maximum absolute atomic E-state index is 2.35. The van der Waals surface area contributed by atoms with Crippen molar-refractivity contribution in [1.29, 1.82) is 0 Å². The van der Waals surface area contributed by atoms with E-state index < -0.39 is 7.59 Å². The highest BCUT2D eigenvalue weighted by Gasteiger charge is 2.28. The molecule has 0 aromatic rings. The van der Waals surface area contributed by atoms with Crippen molar-refractivity contribution in [3.63, 3.8) is 0 Å². The fraction of sp³-hybridized carbons (Fsp3) is 1.00. The van der Waals surface area contributed by atoms with Crippen LogP contribution in [-0.2, 0) is 0 Å². The van der Waals surface area contributed by atoms with Gasteiger partial charge in [-0.25, -0.2) is 0 Å². The topological polar surface area (TPSA) is 0 Å². The predicted molar refractivity (Wildman–Crippen MR) is 111 cm³/mol. The molecule has 0 aliphatic heterocycles. The average molecular weight is 345 g/mol. The van der Waals surface area contributed by atoms with Gasteiger partial charge in [-0.1, -0.05) is 116 Å². The molecule has 0 fully saturated rings.